The summed E-state index contributed by atoms with van der Waals surface area (Å²) in [6, 6.07) is 12.9. The van der Waals surface area contributed by atoms with Gasteiger partial charge < -0.3 is 9.84 Å². The van der Waals surface area contributed by atoms with Crippen LogP contribution in [0.4, 0.5) is 5.69 Å². The average Bonchev–Trinajstić information content (AvgIpc) is 2.91. The summed E-state index contributed by atoms with van der Waals surface area (Å²) >= 11 is 1.22. The van der Waals surface area contributed by atoms with Crippen LogP contribution in [0.3, 0.4) is 0 Å². The highest BCUT2D eigenvalue weighted by Gasteiger charge is 2.32. The number of thioether (sulfide) groups is 1. The van der Waals surface area contributed by atoms with E-state index in [1.165, 1.54) is 18.9 Å². The Morgan fingerprint density at radius 1 is 1.25 bits per heavy atom. The molecule has 2 aromatic rings. The van der Waals surface area contributed by atoms with E-state index in [1.807, 2.05) is 36.4 Å². The van der Waals surface area contributed by atoms with Crippen molar-refractivity contribution >= 4 is 34.5 Å². The van der Waals surface area contributed by atoms with E-state index >= 15 is 0 Å². The third-order valence-corrected chi connectivity index (χ3v) is 4.27. The lowest BCUT2D eigenvalue weighted by Gasteiger charge is -2.01. The van der Waals surface area contributed by atoms with Crippen molar-refractivity contribution in [2.24, 2.45) is 4.99 Å². The number of nitrogens with zero attached hydrogens (tertiary/aromatic N) is 2. The molecule has 0 saturated heterocycles. The molecule has 0 atom stereocenters. The van der Waals surface area contributed by atoms with Crippen LogP contribution >= 0.6 is 11.8 Å². The lowest BCUT2D eigenvalue weighted by molar-refractivity contribution is -0.135. The number of carbonyl (C=O) groups excluding carboxylic acids is 1. The number of pyridine rings is 1. The number of aliphatic hydroxyl groups is 1. The Morgan fingerprint density at radius 3 is 2.71 bits per heavy atom. The number of benzene rings is 1. The number of aliphatic hydroxyl groups excluding tert-OH is 1. The summed E-state index contributed by atoms with van der Waals surface area (Å²) in [6.07, 6.45) is 5.09. The lowest BCUT2D eigenvalue weighted by Crippen LogP contribution is -2.10. The molecule has 2 heterocycles. The minimum Gasteiger partial charge on any atom is -0.506 e. The number of aliphatic imine (C=N–C) groups is 1. The van der Waals surface area contributed by atoms with Gasteiger partial charge in [0.25, 0.3) is 0 Å². The zero-order chi connectivity index (χ0) is 16.9. The van der Waals surface area contributed by atoms with Gasteiger partial charge in [-0.3, -0.25) is 4.98 Å². The monoisotopic (exact) mass is 338 g/mol. The predicted octanol–water partition coefficient (Wildman–Crippen LogP) is 3.88. The second-order valence-electron chi connectivity index (χ2n) is 4.86. The largest absolute Gasteiger partial charge is 0.506 e. The van der Waals surface area contributed by atoms with Crippen molar-refractivity contribution in [3.05, 3.63) is 76.7 Å². The van der Waals surface area contributed by atoms with Crippen molar-refractivity contribution in [3.8, 4) is 0 Å². The van der Waals surface area contributed by atoms with Gasteiger partial charge in [0.05, 0.1) is 17.7 Å². The lowest BCUT2D eigenvalue weighted by atomic mass is 10.2. The Kier molecular flexibility index (Phi) is 4.77. The number of para-hydroxylation sites is 1. The molecule has 0 amide bonds. The highest BCUT2D eigenvalue weighted by atomic mass is 32.2. The molecule has 0 fully saturated rings. The summed E-state index contributed by atoms with van der Waals surface area (Å²) in [7, 11) is 1.27. The molecule has 1 aliphatic heterocycles. The molecular weight excluding hydrogens is 324 g/mol. The Balaban J connectivity index is 2.04. The van der Waals surface area contributed by atoms with Gasteiger partial charge in [0.2, 0.25) is 0 Å². The van der Waals surface area contributed by atoms with Crippen LogP contribution in [0.2, 0.25) is 0 Å². The molecule has 3 rings (SSSR count). The Morgan fingerprint density at radius 2 is 2.04 bits per heavy atom. The molecule has 1 aliphatic rings. The van der Waals surface area contributed by atoms with Crippen LogP contribution in [0.1, 0.15) is 5.56 Å². The normalized spacial score (nSPS) is 17.5. The van der Waals surface area contributed by atoms with Crippen LogP contribution in [0.15, 0.2) is 76.1 Å². The SMILES string of the molecule is COC(=O)C1=C(O)/C(=C\c2cccnc2)SC1=Nc1ccccc1. The maximum Gasteiger partial charge on any atom is 0.344 e. The highest BCUT2D eigenvalue weighted by Crippen LogP contribution is 2.40. The van der Waals surface area contributed by atoms with Gasteiger partial charge in [0, 0.05) is 12.4 Å². The molecule has 0 bridgehead atoms. The number of aromatic nitrogens is 1. The van der Waals surface area contributed by atoms with Crippen LogP contribution < -0.4 is 0 Å². The van der Waals surface area contributed by atoms with Crippen molar-refractivity contribution in [1.82, 2.24) is 4.98 Å². The van der Waals surface area contributed by atoms with E-state index in [0.717, 1.165) is 5.56 Å². The molecule has 0 spiro atoms. The first-order chi connectivity index (χ1) is 11.7. The Bertz CT molecular complexity index is 843. The van der Waals surface area contributed by atoms with Gasteiger partial charge in [-0.25, -0.2) is 9.79 Å². The van der Waals surface area contributed by atoms with Gasteiger partial charge in [-0.15, -0.1) is 0 Å². The topological polar surface area (TPSA) is 71.8 Å². The number of hydrogen-bond acceptors (Lipinski definition) is 6. The smallest absolute Gasteiger partial charge is 0.344 e. The summed E-state index contributed by atoms with van der Waals surface area (Å²) in [6.45, 7) is 0. The summed E-state index contributed by atoms with van der Waals surface area (Å²) in [5.41, 5.74) is 1.58. The highest BCUT2D eigenvalue weighted by molar-refractivity contribution is 8.18. The van der Waals surface area contributed by atoms with Gasteiger partial charge in [-0.2, -0.15) is 0 Å². The van der Waals surface area contributed by atoms with Crippen molar-refractivity contribution in [2.45, 2.75) is 0 Å². The standard InChI is InChI=1S/C18H14N2O3S/c1-23-18(22)15-16(21)14(10-12-6-5-9-19-11-12)24-17(15)20-13-7-3-2-4-8-13/h2-11,21H,1H3/b14-10+,20-17?. The van der Waals surface area contributed by atoms with E-state index in [-0.39, 0.29) is 11.3 Å². The molecule has 0 unspecified atom stereocenters. The summed E-state index contributed by atoms with van der Waals surface area (Å²) < 4.78 is 4.78. The molecule has 0 saturated carbocycles. The van der Waals surface area contributed by atoms with E-state index in [9.17, 15) is 9.90 Å². The van der Waals surface area contributed by atoms with Gasteiger partial charge in [0.1, 0.15) is 16.4 Å². The molecule has 0 radical (unpaired) electrons. The molecule has 1 N–H and O–H groups in total. The minimum atomic E-state index is -0.621. The summed E-state index contributed by atoms with van der Waals surface area (Å²) in [5.74, 6) is -0.755. The van der Waals surface area contributed by atoms with Crippen molar-refractivity contribution in [2.75, 3.05) is 7.11 Å². The number of esters is 1. The molecule has 1 aromatic heterocycles. The van der Waals surface area contributed by atoms with Crippen molar-refractivity contribution in [3.63, 3.8) is 0 Å². The fraction of sp³-hybridized carbons (Fsp3) is 0.0556. The van der Waals surface area contributed by atoms with E-state index < -0.39 is 5.97 Å². The van der Waals surface area contributed by atoms with Crippen LogP contribution in [0, 0.1) is 0 Å². The second kappa shape index (κ2) is 7.14. The van der Waals surface area contributed by atoms with Gasteiger partial charge in [-0.1, -0.05) is 36.0 Å². The first kappa shape index (κ1) is 16.0. The maximum atomic E-state index is 12.0. The van der Waals surface area contributed by atoms with Crippen LogP contribution in [-0.2, 0) is 9.53 Å². The molecule has 120 valence electrons. The minimum absolute atomic E-state index is 0.0708. The van der Waals surface area contributed by atoms with Gasteiger partial charge in [0.15, 0.2) is 0 Å². The van der Waals surface area contributed by atoms with Crippen LogP contribution in [-0.4, -0.2) is 28.2 Å². The van der Waals surface area contributed by atoms with Crippen LogP contribution in [0.25, 0.3) is 6.08 Å². The summed E-state index contributed by atoms with van der Waals surface area (Å²) in [4.78, 5) is 21.1. The fourth-order valence-electron chi connectivity index (χ4n) is 2.12. The van der Waals surface area contributed by atoms with E-state index in [1.54, 1.807) is 24.5 Å². The van der Waals surface area contributed by atoms with E-state index in [4.69, 9.17) is 4.74 Å². The van der Waals surface area contributed by atoms with Crippen molar-refractivity contribution in [1.29, 1.82) is 0 Å². The number of rotatable bonds is 3. The molecule has 6 heteroatoms. The predicted molar refractivity (Wildman–Crippen MR) is 95.0 cm³/mol. The third-order valence-electron chi connectivity index (χ3n) is 3.25. The second-order valence-corrected chi connectivity index (χ2v) is 5.90. The first-order valence-corrected chi connectivity index (χ1v) is 7.96. The molecule has 1 aromatic carbocycles. The molecule has 24 heavy (non-hydrogen) atoms. The maximum absolute atomic E-state index is 12.0. The van der Waals surface area contributed by atoms with E-state index in [2.05, 4.69) is 9.98 Å². The summed E-state index contributed by atoms with van der Waals surface area (Å²) in [5, 5.41) is 10.9. The van der Waals surface area contributed by atoms with Gasteiger partial charge in [-0.05, 0) is 29.8 Å². The number of hydrogen-bond donors (Lipinski definition) is 1. The molecular formula is C18H14N2O3S. The average molecular weight is 338 g/mol. The molecule has 0 aliphatic carbocycles. The number of carbonyl (C=O) groups is 1. The van der Waals surface area contributed by atoms with Crippen molar-refractivity contribution < 1.29 is 14.6 Å². The van der Waals surface area contributed by atoms with Crippen LogP contribution in [0.5, 0.6) is 0 Å². The van der Waals surface area contributed by atoms with Gasteiger partial charge >= 0.3 is 5.97 Å². The zero-order valence-corrected chi connectivity index (χ0v) is 13.7. The first-order valence-electron chi connectivity index (χ1n) is 7.14. The van der Waals surface area contributed by atoms with E-state index in [0.29, 0.717) is 15.6 Å². The zero-order valence-electron chi connectivity index (χ0n) is 12.8. The Hall–Kier alpha value is -2.86. The third kappa shape index (κ3) is 3.38. The Labute approximate surface area is 143 Å². The quantitative estimate of drug-likeness (QED) is 0.860. The number of methoxy groups -OCH3 is 1. The molecule has 5 nitrogen and oxygen atoms in total. The number of ether oxygens (including phenoxy) is 1. The fourth-order valence-corrected chi connectivity index (χ4v) is 3.16.